The molecule has 2 aromatic carbocycles. The van der Waals surface area contributed by atoms with Crippen LogP contribution < -0.4 is 4.74 Å². The quantitative estimate of drug-likeness (QED) is 0.444. The van der Waals surface area contributed by atoms with Gasteiger partial charge < -0.3 is 4.74 Å². The molecular weight excluding hydrogens is 384 g/mol. The number of ether oxygens (including phenoxy) is 1. The van der Waals surface area contributed by atoms with Gasteiger partial charge in [0.05, 0.1) is 5.56 Å². The largest absolute Gasteiger partial charge is 0.423 e. The Kier molecular flexibility index (Phi) is 5.52. The number of carbonyl (C=O) groups is 1. The van der Waals surface area contributed by atoms with Crippen LogP contribution >= 0.6 is 0 Å². The van der Waals surface area contributed by atoms with E-state index in [4.69, 9.17) is 4.74 Å². The Morgan fingerprint density at radius 2 is 1.50 bits per heavy atom. The highest BCUT2D eigenvalue weighted by molar-refractivity contribution is 7.89. The van der Waals surface area contributed by atoms with E-state index in [0.717, 1.165) is 12.1 Å². The zero-order valence-corrected chi connectivity index (χ0v) is 15.4. The maximum atomic E-state index is 12.2. The molecule has 26 heavy (non-hydrogen) atoms. The summed E-state index contributed by atoms with van der Waals surface area (Å²) in [5, 5.41) is 0. The Balaban J connectivity index is 2.71. The molecule has 0 fully saturated rings. The lowest BCUT2D eigenvalue weighted by Gasteiger charge is -2.18. The monoisotopic (exact) mass is 400 g/mol. The van der Waals surface area contributed by atoms with Crippen LogP contribution in [0.5, 0.6) is 5.75 Å². The Labute approximate surface area is 150 Å². The number of rotatable bonds is 5. The standard InChI is InChI=1S/C16H16O8S2/c1-10(2)14-12(24-16(17)11-6-4-3-5-7-11)8-9-13(25(18,19)20)15(14)26(21,22)23/h3-10H,1-2H3,(H,18,19,20)(H,21,22,23). The summed E-state index contributed by atoms with van der Waals surface area (Å²) in [6, 6.07) is 9.65. The maximum absolute atomic E-state index is 12.2. The molecule has 2 N–H and O–H groups in total. The number of carbonyl (C=O) groups excluding carboxylic acids is 1. The SMILES string of the molecule is CC(C)c1c(OC(=O)c2ccccc2)ccc(S(=O)(=O)O)c1S(=O)(=O)O. The van der Waals surface area contributed by atoms with E-state index in [1.54, 1.807) is 18.2 Å². The second kappa shape index (κ2) is 7.16. The van der Waals surface area contributed by atoms with Crippen LogP contribution in [-0.2, 0) is 20.2 Å². The van der Waals surface area contributed by atoms with E-state index in [1.807, 2.05) is 0 Å². The van der Waals surface area contributed by atoms with Gasteiger partial charge in [-0.15, -0.1) is 0 Å². The highest BCUT2D eigenvalue weighted by Crippen LogP contribution is 2.37. The first-order chi connectivity index (χ1) is 11.9. The summed E-state index contributed by atoms with van der Waals surface area (Å²) < 4.78 is 70.5. The second-order valence-electron chi connectivity index (χ2n) is 5.67. The van der Waals surface area contributed by atoms with Crippen molar-refractivity contribution >= 4 is 26.2 Å². The van der Waals surface area contributed by atoms with Crippen molar-refractivity contribution in [2.24, 2.45) is 0 Å². The van der Waals surface area contributed by atoms with Gasteiger partial charge in [0.2, 0.25) is 0 Å². The minimum Gasteiger partial charge on any atom is -0.423 e. The Morgan fingerprint density at radius 3 is 1.96 bits per heavy atom. The van der Waals surface area contributed by atoms with Crippen LogP contribution in [0.1, 0.15) is 35.7 Å². The van der Waals surface area contributed by atoms with E-state index in [-0.39, 0.29) is 16.9 Å². The van der Waals surface area contributed by atoms with Gasteiger partial charge in [0.25, 0.3) is 20.2 Å². The summed E-state index contributed by atoms with van der Waals surface area (Å²) in [6.45, 7) is 3.02. The average molecular weight is 400 g/mol. The predicted octanol–water partition coefficient (Wildman–Crippen LogP) is 2.52. The van der Waals surface area contributed by atoms with Crippen molar-refractivity contribution in [3.05, 3.63) is 53.6 Å². The summed E-state index contributed by atoms with van der Waals surface area (Å²) in [4.78, 5) is 10.2. The summed E-state index contributed by atoms with van der Waals surface area (Å²) in [5.74, 6) is -1.70. The van der Waals surface area contributed by atoms with Crippen LogP contribution in [0.25, 0.3) is 0 Å². The average Bonchev–Trinajstić information content (AvgIpc) is 2.53. The fourth-order valence-electron chi connectivity index (χ4n) is 2.40. The van der Waals surface area contributed by atoms with E-state index >= 15 is 0 Å². The molecular formula is C16H16O8S2. The summed E-state index contributed by atoms with van der Waals surface area (Å²) in [5.41, 5.74) is -0.0543. The minimum absolute atomic E-state index is 0.189. The molecule has 0 atom stereocenters. The van der Waals surface area contributed by atoms with Crippen LogP contribution in [0, 0.1) is 0 Å². The lowest BCUT2D eigenvalue weighted by Crippen LogP contribution is -2.16. The third-order valence-electron chi connectivity index (χ3n) is 3.45. The van der Waals surface area contributed by atoms with Gasteiger partial charge in [-0.1, -0.05) is 32.0 Å². The molecule has 140 valence electrons. The van der Waals surface area contributed by atoms with Crippen LogP contribution in [-0.4, -0.2) is 31.9 Å². The Bertz CT molecular complexity index is 1040. The van der Waals surface area contributed by atoms with Gasteiger partial charge in [0, 0.05) is 5.56 Å². The van der Waals surface area contributed by atoms with Crippen molar-refractivity contribution in [2.75, 3.05) is 0 Å². The van der Waals surface area contributed by atoms with E-state index < -0.39 is 41.9 Å². The first-order valence-corrected chi connectivity index (χ1v) is 10.2. The van der Waals surface area contributed by atoms with Gasteiger partial charge in [0.15, 0.2) is 0 Å². The van der Waals surface area contributed by atoms with Gasteiger partial charge in [-0.25, -0.2) is 4.79 Å². The van der Waals surface area contributed by atoms with Crippen LogP contribution in [0.4, 0.5) is 0 Å². The highest BCUT2D eigenvalue weighted by Gasteiger charge is 2.31. The van der Waals surface area contributed by atoms with Crippen molar-refractivity contribution in [2.45, 2.75) is 29.6 Å². The number of benzene rings is 2. The van der Waals surface area contributed by atoms with Crippen LogP contribution in [0.15, 0.2) is 52.3 Å². The van der Waals surface area contributed by atoms with Gasteiger partial charge in [0.1, 0.15) is 15.5 Å². The molecule has 0 aliphatic rings. The molecule has 0 bridgehead atoms. The molecule has 0 saturated carbocycles. The molecule has 2 aromatic rings. The molecule has 2 rings (SSSR count). The molecule has 0 aliphatic carbocycles. The molecule has 0 radical (unpaired) electrons. The molecule has 8 nitrogen and oxygen atoms in total. The topological polar surface area (TPSA) is 135 Å². The molecule has 10 heteroatoms. The number of hydrogen-bond acceptors (Lipinski definition) is 6. The Morgan fingerprint density at radius 1 is 0.923 bits per heavy atom. The fourth-order valence-corrected chi connectivity index (χ4v) is 4.55. The van der Waals surface area contributed by atoms with Gasteiger partial charge in [-0.05, 0) is 30.2 Å². The van der Waals surface area contributed by atoms with Crippen molar-refractivity contribution in [3.8, 4) is 5.75 Å². The zero-order valence-electron chi connectivity index (χ0n) is 13.8. The molecule has 0 aromatic heterocycles. The minimum atomic E-state index is -5.05. The smallest absolute Gasteiger partial charge is 0.343 e. The lowest BCUT2D eigenvalue weighted by molar-refractivity contribution is 0.0732. The first-order valence-electron chi connectivity index (χ1n) is 7.32. The van der Waals surface area contributed by atoms with Gasteiger partial charge in [-0.2, -0.15) is 16.8 Å². The van der Waals surface area contributed by atoms with Crippen LogP contribution in [0.2, 0.25) is 0 Å². The summed E-state index contributed by atoms with van der Waals surface area (Å²) >= 11 is 0. The zero-order chi connectivity index (χ0) is 19.7. The maximum Gasteiger partial charge on any atom is 0.343 e. The van der Waals surface area contributed by atoms with E-state index in [1.165, 1.54) is 26.0 Å². The lowest BCUT2D eigenvalue weighted by atomic mass is 10.0. The van der Waals surface area contributed by atoms with E-state index in [2.05, 4.69) is 0 Å². The van der Waals surface area contributed by atoms with Crippen LogP contribution in [0.3, 0.4) is 0 Å². The Hall–Kier alpha value is -2.27. The molecule has 0 unspecified atom stereocenters. The van der Waals surface area contributed by atoms with Crippen molar-refractivity contribution in [1.29, 1.82) is 0 Å². The van der Waals surface area contributed by atoms with Crippen molar-refractivity contribution in [3.63, 3.8) is 0 Å². The third-order valence-corrected chi connectivity index (χ3v) is 5.43. The van der Waals surface area contributed by atoms with E-state index in [9.17, 15) is 30.7 Å². The van der Waals surface area contributed by atoms with E-state index in [0.29, 0.717) is 0 Å². The number of hydrogen-bond donors (Lipinski definition) is 2. The van der Waals surface area contributed by atoms with Gasteiger partial charge in [-0.3, -0.25) is 9.11 Å². The van der Waals surface area contributed by atoms with Crippen molar-refractivity contribution in [1.82, 2.24) is 0 Å². The second-order valence-corrected chi connectivity index (χ2v) is 8.41. The summed E-state index contributed by atoms with van der Waals surface area (Å²) in [7, 11) is -10.00. The molecule has 0 heterocycles. The fraction of sp³-hybridized carbons (Fsp3) is 0.188. The predicted molar refractivity (Wildman–Crippen MR) is 91.6 cm³/mol. The molecule has 0 spiro atoms. The van der Waals surface area contributed by atoms with Crippen molar-refractivity contribution < 1.29 is 35.5 Å². The summed E-state index contributed by atoms with van der Waals surface area (Å²) in [6.07, 6.45) is 0. The normalized spacial score (nSPS) is 12.2. The third kappa shape index (κ3) is 4.28. The highest BCUT2D eigenvalue weighted by atomic mass is 32.2. The molecule has 0 saturated heterocycles. The molecule has 0 amide bonds. The number of esters is 1. The molecule has 0 aliphatic heterocycles. The van der Waals surface area contributed by atoms with Gasteiger partial charge >= 0.3 is 5.97 Å². The first kappa shape index (κ1) is 20.0.